The number of nitrogens with zero attached hydrogens (tertiary/aromatic N) is 1. The summed E-state index contributed by atoms with van der Waals surface area (Å²) in [4.78, 5) is 37.6. The van der Waals surface area contributed by atoms with E-state index in [0.717, 1.165) is 5.56 Å². The number of rotatable bonds is 7. The highest BCUT2D eigenvalue weighted by molar-refractivity contribution is 6.02. The van der Waals surface area contributed by atoms with Gasteiger partial charge in [0.1, 0.15) is 11.5 Å². The maximum absolute atomic E-state index is 12.9. The van der Waals surface area contributed by atoms with Crippen LogP contribution in [0.2, 0.25) is 0 Å². The number of amides is 3. The molecule has 0 aliphatic heterocycles. The molecule has 0 bridgehead atoms. The summed E-state index contributed by atoms with van der Waals surface area (Å²) in [5.41, 5.74) is 6.85. The third-order valence-electron chi connectivity index (χ3n) is 4.85. The highest BCUT2D eigenvalue weighted by Gasteiger charge is 2.25. The van der Waals surface area contributed by atoms with Crippen molar-refractivity contribution in [2.45, 2.75) is 19.5 Å². The SMILES string of the molecule is CNC(=O)c1ccc(C(C)N(C)C(=O)/C(O)=C(\N)C(=O)NCc2ccc(F)cc2)cc1. The molecule has 0 saturated heterocycles. The van der Waals surface area contributed by atoms with Gasteiger partial charge in [-0.3, -0.25) is 14.4 Å². The number of aliphatic hydroxyl groups is 1. The molecule has 0 radical (unpaired) electrons. The summed E-state index contributed by atoms with van der Waals surface area (Å²) in [5.74, 6) is -3.18. The first-order valence-corrected chi connectivity index (χ1v) is 9.46. The predicted molar refractivity (Wildman–Crippen MR) is 113 cm³/mol. The van der Waals surface area contributed by atoms with Gasteiger partial charge in [-0.05, 0) is 42.3 Å². The molecule has 2 aromatic carbocycles. The molecule has 0 aliphatic carbocycles. The van der Waals surface area contributed by atoms with E-state index in [2.05, 4.69) is 10.6 Å². The molecule has 164 valence electrons. The molecule has 31 heavy (non-hydrogen) atoms. The second-order valence-corrected chi connectivity index (χ2v) is 6.86. The first kappa shape index (κ1) is 23.4. The molecule has 8 nitrogen and oxygen atoms in total. The van der Waals surface area contributed by atoms with Crippen LogP contribution in [0.25, 0.3) is 0 Å². The zero-order valence-corrected chi connectivity index (χ0v) is 17.5. The molecule has 9 heteroatoms. The predicted octanol–water partition coefficient (Wildman–Crippen LogP) is 1.75. The van der Waals surface area contributed by atoms with E-state index in [1.807, 2.05) is 0 Å². The third kappa shape index (κ3) is 5.81. The lowest BCUT2D eigenvalue weighted by atomic mass is 10.0. The molecule has 0 saturated carbocycles. The summed E-state index contributed by atoms with van der Waals surface area (Å²) >= 11 is 0. The number of hydrogen-bond acceptors (Lipinski definition) is 5. The minimum Gasteiger partial charge on any atom is -0.501 e. The minimum atomic E-state index is -0.882. The lowest BCUT2D eigenvalue weighted by molar-refractivity contribution is -0.131. The number of nitrogens with two attached hydrogens (primary N) is 1. The Hall–Kier alpha value is -3.88. The standard InChI is InChI=1S/C22H25FN4O4/c1-13(15-6-8-16(9-7-15)20(29)25-2)27(3)22(31)19(28)18(24)21(30)26-12-14-4-10-17(23)11-5-14/h4-11,13,28H,12,24H2,1-3H3,(H,25,29)(H,26,30)/b19-18+. The number of carbonyl (C=O) groups excluding carboxylic acids is 3. The molecule has 0 heterocycles. The summed E-state index contributed by atoms with van der Waals surface area (Å²) in [6.45, 7) is 1.77. The summed E-state index contributed by atoms with van der Waals surface area (Å²) < 4.78 is 12.9. The van der Waals surface area contributed by atoms with Crippen LogP contribution in [-0.4, -0.2) is 41.8 Å². The van der Waals surface area contributed by atoms with Gasteiger partial charge in [-0.1, -0.05) is 24.3 Å². The average Bonchev–Trinajstić information content (AvgIpc) is 2.80. The van der Waals surface area contributed by atoms with Crippen molar-refractivity contribution < 1.29 is 23.9 Å². The van der Waals surface area contributed by atoms with Crippen LogP contribution in [0.1, 0.15) is 34.5 Å². The second kappa shape index (κ2) is 10.2. The molecule has 0 fully saturated rings. The van der Waals surface area contributed by atoms with Crippen molar-refractivity contribution in [3.8, 4) is 0 Å². The number of aliphatic hydroxyl groups excluding tert-OH is 1. The Labute approximate surface area is 179 Å². The van der Waals surface area contributed by atoms with Crippen molar-refractivity contribution in [3.05, 3.63) is 82.5 Å². The number of benzene rings is 2. The van der Waals surface area contributed by atoms with Crippen molar-refractivity contribution in [1.29, 1.82) is 0 Å². The van der Waals surface area contributed by atoms with Crippen molar-refractivity contribution in [2.24, 2.45) is 5.73 Å². The second-order valence-electron chi connectivity index (χ2n) is 6.86. The van der Waals surface area contributed by atoms with Crippen LogP contribution >= 0.6 is 0 Å². The first-order valence-electron chi connectivity index (χ1n) is 9.46. The van der Waals surface area contributed by atoms with Gasteiger partial charge in [0, 0.05) is 26.2 Å². The van der Waals surface area contributed by atoms with E-state index in [0.29, 0.717) is 11.1 Å². The lowest BCUT2D eigenvalue weighted by Gasteiger charge is -2.25. The summed E-state index contributed by atoms with van der Waals surface area (Å²) in [6.07, 6.45) is 0. The van der Waals surface area contributed by atoms with E-state index in [1.54, 1.807) is 31.2 Å². The smallest absolute Gasteiger partial charge is 0.291 e. The maximum atomic E-state index is 12.9. The zero-order chi connectivity index (χ0) is 23.1. The molecule has 0 aliphatic rings. The first-order chi connectivity index (χ1) is 14.6. The Balaban J connectivity index is 2.06. The van der Waals surface area contributed by atoms with Crippen molar-refractivity contribution in [2.75, 3.05) is 14.1 Å². The Morgan fingerprint density at radius 3 is 2.23 bits per heavy atom. The van der Waals surface area contributed by atoms with Gasteiger partial charge in [0.15, 0.2) is 0 Å². The van der Waals surface area contributed by atoms with Crippen LogP contribution < -0.4 is 16.4 Å². The van der Waals surface area contributed by atoms with Crippen LogP contribution in [0.4, 0.5) is 4.39 Å². The van der Waals surface area contributed by atoms with Gasteiger partial charge >= 0.3 is 0 Å². The molecular formula is C22H25FN4O4. The van der Waals surface area contributed by atoms with Gasteiger partial charge in [0.2, 0.25) is 5.76 Å². The number of hydrogen-bond donors (Lipinski definition) is 4. The number of likely N-dealkylation sites (N-methyl/N-ethyl adjacent to an activating group) is 1. The monoisotopic (exact) mass is 428 g/mol. The van der Waals surface area contributed by atoms with Crippen LogP contribution in [0.15, 0.2) is 60.0 Å². The van der Waals surface area contributed by atoms with Gasteiger partial charge in [0.05, 0.1) is 6.04 Å². The largest absolute Gasteiger partial charge is 0.501 e. The Kier molecular flexibility index (Phi) is 7.73. The summed E-state index contributed by atoms with van der Waals surface area (Å²) in [6, 6.07) is 11.6. The zero-order valence-electron chi connectivity index (χ0n) is 17.5. The van der Waals surface area contributed by atoms with Gasteiger partial charge < -0.3 is 26.4 Å². The molecule has 2 rings (SSSR count). The Bertz CT molecular complexity index is 988. The van der Waals surface area contributed by atoms with E-state index in [4.69, 9.17) is 5.73 Å². The van der Waals surface area contributed by atoms with E-state index in [-0.39, 0.29) is 12.5 Å². The van der Waals surface area contributed by atoms with Gasteiger partial charge in [-0.15, -0.1) is 0 Å². The van der Waals surface area contributed by atoms with Crippen molar-refractivity contribution in [1.82, 2.24) is 15.5 Å². The fourth-order valence-corrected chi connectivity index (χ4v) is 2.73. The van der Waals surface area contributed by atoms with E-state index < -0.39 is 35.1 Å². The lowest BCUT2D eigenvalue weighted by Crippen LogP contribution is -2.36. The maximum Gasteiger partial charge on any atom is 0.291 e. The molecule has 0 spiro atoms. The molecule has 3 amide bonds. The van der Waals surface area contributed by atoms with Crippen molar-refractivity contribution >= 4 is 17.7 Å². The van der Waals surface area contributed by atoms with Crippen LogP contribution in [0.3, 0.4) is 0 Å². The molecule has 5 N–H and O–H groups in total. The van der Waals surface area contributed by atoms with Gasteiger partial charge in [-0.25, -0.2) is 4.39 Å². The van der Waals surface area contributed by atoms with Crippen LogP contribution in [-0.2, 0) is 16.1 Å². The highest BCUT2D eigenvalue weighted by atomic mass is 19.1. The fraction of sp³-hybridized carbons (Fsp3) is 0.227. The molecule has 1 atom stereocenters. The molecule has 0 aromatic heterocycles. The summed E-state index contributed by atoms with van der Waals surface area (Å²) in [5, 5.41) is 15.2. The Morgan fingerprint density at radius 1 is 1.10 bits per heavy atom. The molecule has 2 aromatic rings. The minimum absolute atomic E-state index is 0.0468. The normalized spacial score (nSPS) is 12.4. The quantitative estimate of drug-likeness (QED) is 0.395. The van der Waals surface area contributed by atoms with E-state index >= 15 is 0 Å². The topological polar surface area (TPSA) is 125 Å². The average molecular weight is 428 g/mol. The fourth-order valence-electron chi connectivity index (χ4n) is 2.73. The molecule has 1 unspecified atom stereocenters. The number of halogens is 1. The van der Waals surface area contributed by atoms with E-state index in [1.165, 1.54) is 43.3 Å². The molecular weight excluding hydrogens is 403 g/mol. The van der Waals surface area contributed by atoms with Gasteiger partial charge in [0.25, 0.3) is 17.7 Å². The number of carbonyl (C=O) groups is 3. The van der Waals surface area contributed by atoms with Crippen LogP contribution in [0.5, 0.6) is 0 Å². The highest BCUT2D eigenvalue weighted by Crippen LogP contribution is 2.21. The Morgan fingerprint density at radius 2 is 1.68 bits per heavy atom. The van der Waals surface area contributed by atoms with Gasteiger partial charge in [-0.2, -0.15) is 0 Å². The van der Waals surface area contributed by atoms with Crippen molar-refractivity contribution in [3.63, 3.8) is 0 Å². The van der Waals surface area contributed by atoms with Crippen LogP contribution in [0, 0.1) is 5.82 Å². The number of nitrogens with one attached hydrogen (secondary N) is 2. The summed E-state index contributed by atoms with van der Waals surface area (Å²) in [7, 11) is 2.99. The van der Waals surface area contributed by atoms with E-state index in [9.17, 15) is 23.9 Å². The third-order valence-corrected chi connectivity index (χ3v) is 4.85.